The summed E-state index contributed by atoms with van der Waals surface area (Å²) >= 11 is 0. The standard InChI is InChI=1S/C25H24F3NO3/c26-25(27,28)32-20-7-8-21(18-9-12-30-15-18)22(13-20)19-14-24(31-16-19)10-4-11-29-23(24)17-5-2-1-3-6-17/h1-3,5-9,12-13,15,19,23,29H,4,10-11,14,16H2/t19-,23-,24+/m0/s1. The fourth-order valence-corrected chi connectivity index (χ4v) is 5.16. The summed E-state index contributed by atoms with van der Waals surface area (Å²) in [7, 11) is 0. The van der Waals surface area contributed by atoms with Crippen molar-refractivity contribution in [1.82, 2.24) is 5.32 Å². The van der Waals surface area contributed by atoms with Crippen LogP contribution in [0, 0.1) is 0 Å². The summed E-state index contributed by atoms with van der Waals surface area (Å²) in [5.41, 5.74) is 3.19. The second-order valence-corrected chi connectivity index (χ2v) is 8.49. The van der Waals surface area contributed by atoms with E-state index in [4.69, 9.17) is 9.15 Å². The highest BCUT2D eigenvalue weighted by molar-refractivity contribution is 5.68. The molecule has 32 heavy (non-hydrogen) atoms. The highest BCUT2D eigenvalue weighted by Gasteiger charge is 2.49. The lowest BCUT2D eigenvalue weighted by Gasteiger charge is -2.41. The third kappa shape index (κ3) is 4.14. The zero-order valence-electron chi connectivity index (χ0n) is 17.4. The molecule has 0 radical (unpaired) electrons. The van der Waals surface area contributed by atoms with E-state index in [1.807, 2.05) is 24.3 Å². The Balaban J connectivity index is 1.50. The summed E-state index contributed by atoms with van der Waals surface area (Å²) in [5, 5.41) is 3.61. The molecule has 0 aliphatic carbocycles. The summed E-state index contributed by atoms with van der Waals surface area (Å²) in [4.78, 5) is 0. The maximum Gasteiger partial charge on any atom is 0.573 e. The van der Waals surface area contributed by atoms with Crippen molar-refractivity contribution in [3.63, 3.8) is 0 Å². The first-order valence-electron chi connectivity index (χ1n) is 10.8. The minimum Gasteiger partial charge on any atom is -0.472 e. The van der Waals surface area contributed by atoms with Crippen LogP contribution in [-0.2, 0) is 4.74 Å². The van der Waals surface area contributed by atoms with Gasteiger partial charge in [-0.15, -0.1) is 13.2 Å². The third-order valence-electron chi connectivity index (χ3n) is 6.48. The monoisotopic (exact) mass is 443 g/mol. The molecule has 0 unspecified atom stereocenters. The first-order chi connectivity index (χ1) is 15.4. The molecule has 0 amide bonds. The number of benzene rings is 2. The number of furan rings is 1. The maximum atomic E-state index is 12.9. The Morgan fingerprint density at radius 3 is 2.66 bits per heavy atom. The Morgan fingerprint density at radius 1 is 1.06 bits per heavy atom. The molecule has 5 rings (SSSR count). The van der Waals surface area contributed by atoms with Crippen LogP contribution < -0.4 is 10.1 Å². The number of nitrogens with one attached hydrogen (secondary N) is 1. The van der Waals surface area contributed by atoms with Gasteiger partial charge in [0.15, 0.2) is 0 Å². The van der Waals surface area contributed by atoms with E-state index in [1.165, 1.54) is 12.1 Å². The zero-order valence-corrected chi connectivity index (χ0v) is 17.4. The minimum atomic E-state index is -4.74. The van der Waals surface area contributed by atoms with E-state index in [1.54, 1.807) is 18.6 Å². The van der Waals surface area contributed by atoms with Gasteiger partial charge in [-0.25, -0.2) is 0 Å². The molecule has 1 spiro atoms. The molecule has 2 fully saturated rings. The van der Waals surface area contributed by atoms with Gasteiger partial charge in [0.1, 0.15) is 5.75 Å². The summed E-state index contributed by atoms with van der Waals surface area (Å²) < 4.78 is 54.6. The number of alkyl halides is 3. The van der Waals surface area contributed by atoms with Crippen LogP contribution in [0.2, 0.25) is 0 Å². The second-order valence-electron chi connectivity index (χ2n) is 8.49. The van der Waals surface area contributed by atoms with Crippen LogP contribution in [0.3, 0.4) is 0 Å². The van der Waals surface area contributed by atoms with Gasteiger partial charge in [-0.3, -0.25) is 0 Å². The van der Waals surface area contributed by atoms with Gasteiger partial charge in [0.2, 0.25) is 0 Å². The van der Waals surface area contributed by atoms with E-state index in [0.29, 0.717) is 13.0 Å². The van der Waals surface area contributed by atoms with E-state index in [9.17, 15) is 13.2 Å². The van der Waals surface area contributed by atoms with Gasteiger partial charge in [-0.2, -0.15) is 0 Å². The summed E-state index contributed by atoms with van der Waals surface area (Å²) in [6, 6.07) is 16.6. The molecule has 1 aromatic heterocycles. The highest BCUT2D eigenvalue weighted by atomic mass is 19.4. The zero-order chi connectivity index (χ0) is 22.2. The van der Waals surface area contributed by atoms with Gasteiger partial charge >= 0.3 is 6.36 Å². The molecule has 7 heteroatoms. The van der Waals surface area contributed by atoms with Gasteiger partial charge in [0.25, 0.3) is 0 Å². The fourth-order valence-electron chi connectivity index (χ4n) is 5.16. The number of hydrogen-bond donors (Lipinski definition) is 1. The number of hydrogen-bond acceptors (Lipinski definition) is 4. The van der Waals surface area contributed by atoms with Crippen molar-refractivity contribution >= 4 is 0 Å². The Labute approximate surface area is 184 Å². The summed E-state index contributed by atoms with van der Waals surface area (Å²) in [5.74, 6) is -0.287. The topological polar surface area (TPSA) is 43.6 Å². The van der Waals surface area contributed by atoms with Crippen molar-refractivity contribution in [2.75, 3.05) is 13.2 Å². The van der Waals surface area contributed by atoms with Gasteiger partial charge in [0, 0.05) is 11.5 Å². The van der Waals surface area contributed by atoms with Crippen LogP contribution in [-0.4, -0.2) is 25.1 Å². The van der Waals surface area contributed by atoms with Crippen LogP contribution in [0.15, 0.2) is 71.5 Å². The molecule has 0 saturated carbocycles. The highest BCUT2D eigenvalue weighted by Crippen LogP contribution is 2.50. The Morgan fingerprint density at radius 2 is 1.91 bits per heavy atom. The maximum absolute atomic E-state index is 12.9. The number of halogens is 3. The average molecular weight is 443 g/mol. The minimum absolute atomic E-state index is 0.0365. The Kier molecular flexibility index (Phi) is 5.47. The average Bonchev–Trinajstić information content (AvgIpc) is 3.45. The van der Waals surface area contributed by atoms with Crippen LogP contribution in [0.25, 0.3) is 11.1 Å². The molecule has 3 atom stereocenters. The van der Waals surface area contributed by atoms with Crippen LogP contribution >= 0.6 is 0 Å². The molecule has 168 valence electrons. The molecule has 2 saturated heterocycles. The lowest BCUT2D eigenvalue weighted by Crippen LogP contribution is -2.48. The predicted octanol–water partition coefficient (Wildman–Crippen LogP) is 6.21. The van der Waals surface area contributed by atoms with Crippen LogP contribution in [0.1, 0.15) is 42.3 Å². The largest absolute Gasteiger partial charge is 0.573 e. The van der Waals surface area contributed by atoms with E-state index in [2.05, 4.69) is 22.2 Å². The van der Waals surface area contributed by atoms with E-state index in [-0.39, 0.29) is 17.7 Å². The van der Waals surface area contributed by atoms with Crippen LogP contribution in [0.4, 0.5) is 13.2 Å². The molecule has 2 aliphatic rings. The SMILES string of the molecule is FC(F)(F)Oc1ccc(-c2ccoc2)c([C@@H]2CO[C@]3(CCCN[C@H]3c3ccccc3)C2)c1. The molecule has 4 nitrogen and oxygen atoms in total. The number of ether oxygens (including phenoxy) is 2. The van der Waals surface area contributed by atoms with Crippen molar-refractivity contribution in [3.8, 4) is 16.9 Å². The second kappa shape index (κ2) is 8.30. The van der Waals surface area contributed by atoms with Crippen molar-refractivity contribution in [2.24, 2.45) is 0 Å². The molecule has 2 aromatic carbocycles. The summed E-state index contributed by atoms with van der Waals surface area (Å²) in [6.07, 6.45) is 1.01. The Hall–Kier alpha value is -2.77. The molecule has 2 aliphatic heterocycles. The van der Waals surface area contributed by atoms with E-state index in [0.717, 1.165) is 41.6 Å². The molecule has 3 aromatic rings. The van der Waals surface area contributed by atoms with Gasteiger partial charge in [-0.1, -0.05) is 36.4 Å². The summed E-state index contributed by atoms with van der Waals surface area (Å²) in [6.45, 7) is 1.34. The molecule has 1 N–H and O–H groups in total. The van der Waals surface area contributed by atoms with Crippen molar-refractivity contribution < 1.29 is 27.1 Å². The first-order valence-corrected chi connectivity index (χ1v) is 10.8. The molecular weight excluding hydrogens is 419 g/mol. The van der Waals surface area contributed by atoms with E-state index >= 15 is 0 Å². The predicted molar refractivity (Wildman–Crippen MR) is 113 cm³/mol. The fraction of sp³-hybridized carbons (Fsp3) is 0.360. The molecular formula is C25H24F3NO3. The lowest BCUT2D eigenvalue weighted by molar-refractivity contribution is -0.274. The Bertz CT molecular complexity index is 1050. The first kappa shape index (κ1) is 21.1. The van der Waals surface area contributed by atoms with Crippen molar-refractivity contribution in [2.45, 2.75) is 43.2 Å². The number of piperidine rings is 1. The van der Waals surface area contributed by atoms with E-state index < -0.39 is 12.0 Å². The number of rotatable bonds is 4. The van der Waals surface area contributed by atoms with Crippen molar-refractivity contribution in [3.05, 3.63) is 78.3 Å². The van der Waals surface area contributed by atoms with Gasteiger partial charge in [-0.05, 0) is 60.7 Å². The van der Waals surface area contributed by atoms with Crippen LogP contribution in [0.5, 0.6) is 5.75 Å². The third-order valence-corrected chi connectivity index (χ3v) is 6.48. The molecule has 3 heterocycles. The van der Waals surface area contributed by atoms with Crippen molar-refractivity contribution in [1.29, 1.82) is 0 Å². The van der Waals surface area contributed by atoms with Gasteiger partial charge in [0.05, 0.1) is 30.8 Å². The normalized spacial score (nSPS) is 25.8. The quantitative estimate of drug-likeness (QED) is 0.521. The smallest absolute Gasteiger partial charge is 0.472 e. The lowest BCUT2D eigenvalue weighted by atomic mass is 9.76. The van der Waals surface area contributed by atoms with Gasteiger partial charge < -0.3 is 19.2 Å². The molecule has 0 bridgehead atoms.